The molecule has 0 aromatic carbocycles. The van der Waals surface area contributed by atoms with Crippen LogP contribution in [0, 0.1) is 0 Å². The molecule has 2 rings (SSSR count). The summed E-state index contributed by atoms with van der Waals surface area (Å²) in [6, 6.07) is 5.47. The summed E-state index contributed by atoms with van der Waals surface area (Å²) in [6.07, 6.45) is 5.69. The molecule has 0 radical (unpaired) electrons. The van der Waals surface area contributed by atoms with E-state index in [4.69, 9.17) is 4.42 Å². The van der Waals surface area contributed by atoms with Crippen LogP contribution in [0.5, 0.6) is 0 Å². The van der Waals surface area contributed by atoms with Crippen molar-refractivity contribution in [3.8, 4) is 0 Å². The van der Waals surface area contributed by atoms with Gasteiger partial charge in [-0.25, -0.2) is 0 Å². The highest BCUT2D eigenvalue weighted by Crippen LogP contribution is 2.30. The van der Waals surface area contributed by atoms with Gasteiger partial charge in [0.2, 0.25) is 0 Å². The van der Waals surface area contributed by atoms with Crippen LogP contribution in [0.25, 0.3) is 0 Å². The minimum Gasteiger partial charge on any atom is -0.468 e. The van der Waals surface area contributed by atoms with Crippen molar-refractivity contribution < 1.29 is 4.42 Å². The summed E-state index contributed by atoms with van der Waals surface area (Å²) in [7, 11) is 0. The molecule has 3 heteroatoms. The Morgan fingerprint density at radius 3 is 2.94 bits per heavy atom. The molecular weight excluding hydrogens is 212 g/mol. The van der Waals surface area contributed by atoms with Crippen LogP contribution in [0.2, 0.25) is 0 Å². The monoisotopic (exact) mass is 236 g/mol. The molecule has 1 fully saturated rings. The Morgan fingerprint density at radius 1 is 1.53 bits per heavy atom. The van der Waals surface area contributed by atoms with Crippen LogP contribution in [-0.4, -0.2) is 30.1 Å². The van der Waals surface area contributed by atoms with Crippen LogP contribution in [0.3, 0.4) is 0 Å². The van der Waals surface area contributed by atoms with Crippen molar-refractivity contribution in [1.29, 1.82) is 0 Å². The summed E-state index contributed by atoms with van der Waals surface area (Å²) >= 11 is 0. The SMILES string of the molecule is CCNCCC(C)N(Cc1ccco1)C1CC1. The smallest absolute Gasteiger partial charge is 0.117 e. The maximum atomic E-state index is 5.46. The molecule has 1 atom stereocenters. The average molecular weight is 236 g/mol. The van der Waals surface area contributed by atoms with E-state index < -0.39 is 0 Å². The average Bonchev–Trinajstić information content (AvgIpc) is 3.03. The molecule has 0 spiro atoms. The zero-order valence-electron chi connectivity index (χ0n) is 11.0. The van der Waals surface area contributed by atoms with Crippen LogP contribution in [-0.2, 0) is 6.54 Å². The van der Waals surface area contributed by atoms with Gasteiger partial charge in [0.05, 0.1) is 12.8 Å². The van der Waals surface area contributed by atoms with Gasteiger partial charge < -0.3 is 9.73 Å². The quantitative estimate of drug-likeness (QED) is 0.703. The molecule has 1 aliphatic rings. The molecule has 1 N–H and O–H groups in total. The highest BCUT2D eigenvalue weighted by atomic mass is 16.3. The second kappa shape index (κ2) is 6.22. The third kappa shape index (κ3) is 3.86. The second-order valence-corrected chi connectivity index (χ2v) is 4.97. The van der Waals surface area contributed by atoms with Crippen LogP contribution >= 0.6 is 0 Å². The van der Waals surface area contributed by atoms with Crippen molar-refractivity contribution in [2.75, 3.05) is 13.1 Å². The Balaban J connectivity index is 1.83. The van der Waals surface area contributed by atoms with E-state index in [9.17, 15) is 0 Å². The zero-order valence-corrected chi connectivity index (χ0v) is 11.0. The zero-order chi connectivity index (χ0) is 12.1. The fraction of sp³-hybridized carbons (Fsp3) is 0.714. The lowest BCUT2D eigenvalue weighted by Gasteiger charge is -2.28. The summed E-state index contributed by atoms with van der Waals surface area (Å²) in [4.78, 5) is 2.59. The van der Waals surface area contributed by atoms with Gasteiger partial charge in [-0.15, -0.1) is 0 Å². The predicted molar refractivity (Wildman–Crippen MR) is 69.9 cm³/mol. The molecule has 1 aromatic heterocycles. The maximum Gasteiger partial charge on any atom is 0.117 e. The van der Waals surface area contributed by atoms with Crippen LogP contribution in [0.1, 0.15) is 38.9 Å². The van der Waals surface area contributed by atoms with Crippen molar-refractivity contribution in [3.05, 3.63) is 24.2 Å². The molecule has 1 aliphatic carbocycles. The van der Waals surface area contributed by atoms with Gasteiger partial charge in [-0.1, -0.05) is 6.92 Å². The fourth-order valence-electron chi connectivity index (χ4n) is 2.29. The molecule has 3 nitrogen and oxygen atoms in total. The Labute approximate surface area is 104 Å². The van der Waals surface area contributed by atoms with Gasteiger partial charge in [-0.3, -0.25) is 4.90 Å². The third-order valence-corrected chi connectivity index (χ3v) is 3.49. The first kappa shape index (κ1) is 12.7. The van der Waals surface area contributed by atoms with Crippen molar-refractivity contribution in [2.45, 2.75) is 51.7 Å². The molecule has 96 valence electrons. The van der Waals surface area contributed by atoms with E-state index in [2.05, 4.69) is 30.1 Å². The van der Waals surface area contributed by atoms with Gasteiger partial charge >= 0.3 is 0 Å². The lowest BCUT2D eigenvalue weighted by Crippen LogP contribution is -2.36. The molecule has 1 heterocycles. The molecule has 0 saturated heterocycles. The first-order chi connectivity index (χ1) is 8.31. The molecule has 0 aliphatic heterocycles. The molecule has 17 heavy (non-hydrogen) atoms. The summed E-state index contributed by atoms with van der Waals surface area (Å²) in [5.41, 5.74) is 0. The van der Waals surface area contributed by atoms with Crippen LogP contribution in [0.15, 0.2) is 22.8 Å². The largest absolute Gasteiger partial charge is 0.468 e. The standard InChI is InChI=1S/C14H24N2O/c1-3-15-9-8-12(2)16(13-6-7-13)11-14-5-4-10-17-14/h4-5,10,12-13,15H,3,6-9,11H2,1-2H3. The number of nitrogens with zero attached hydrogens (tertiary/aromatic N) is 1. The number of rotatable bonds is 8. The Hall–Kier alpha value is -0.800. The maximum absolute atomic E-state index is 5.46. The Bertz CT molecular complexity index is 306. The lowest BCUT2D eigenvalue weighted by atomic mass is 10.2. The minimum absolute atomic E-state index is 0.631. The summed E-state index contributed by atoms with van der Waals surface area (Å²) in [6.45, 7) is 7.63. The van der Waals surface area contributed by atoms with E-state index in [1.807, 2.05) is 6.07 Å². The molecule has 1 saturated carbocycles. The van der Waals surface area contributed by atoms with Crippen LogP contribution in [0.4, 0.5) is 0 Å². The normalized spacial score (nSPS) is 17.6. The summed E-state index contributed by atoms with van der Waals surface area (Å²) in [5, 5.41) is 3.40. The molecule has 0 bridgehead atoms. The van der Waals surface area contributed by atoms with Crippen LogP contribution < -0.4 is 5.32 Å². The molecule has 1 unspecified atom stereocenters. The van der Waals surface area contributed by atoms with Gasteiger partial charge in [-0.05, 0) is 51.4 Å². The molecule has 0 amide bonds. The van der Waals surface area contributed by atoms with Crippen molar-refractivity contribution in [1.82, 2.24) is 10.2 Å². The second-order valence-electron chi connectivity index (χ2n) is 4.97. The van der Waals surface area contributed by atoms with Gasteiger partial charge in [-0.2, -0.15) is 0 Å². The first-order valence-electron chi connectivity index (χ1n) is 6.80. The van der Waals surface area contributed by atoms with E-state index in [-0.39, 0.29) is 0 Å². The summed E-state index contributed by atoms with van der Waals surface area (Å²) < 4.78 is 5.46. The van der Waals surface area contributed by atoms with E-state index in [1.165, 1.54) is 19.3 Å². The van der Waals surface area contributed by atoms with E-state index >= 15 is 0 Å². The number of furan rings is 1. The topological polar surface area (TPSA) is 28.4 Å². The summed E-state index contributed by atoms with van der Waals surface area (Å²) in [5.74, 6) is 1.09. The van der Waals surface area contributed by atoms with Crippen molar-refractivity contribution in [3.63, 3.8) is 0 Å². The Kier molecular flexibility index (Phi) is 4.63. The molecular formula is C14H24N2O. The number of nitrogens with one attached hydrogen (secondary N) is 1. The van der Waals surface area contributed by atoms with E-state index in [0.29, 0.717) is 6.04 Å². The van der Waals surface area contributed by atoms with E-state index in [1.54, 1.807) is 6.26 Å². The van der Waals surface area contributed by atoms with Crippen molar-refractivity contribution >= 4 is 0 Å². The highest BCUT2D eigenvalue weighted by molar-refractivity contribution is 5.00. The van der Waals surface area contributed by atoms with E-state index in [0.717, 1.165) is 31.4 Å². The Morgan fingerprint density at radius 2 is 2.35 bits per heavy atom. The predicted octanol–water partition coefficient (Wildman–Crippen LogP) is 2.63. The minimum atomic E-state index is 0.631. The first-order valence-corrected chi connectivity index (χ1v) is 6.80. The third-order valence-electron chi connectivity index (χ3n) is 3.49. The van der Waals surface area contributed by atoms with Gasteiger partial charge in [0.25, 0.3) is 0 Å². The van der Waals surface area contributed by atoms with Gasteiger partial charge in [0.1, 0.15) is 5.76 Å². The fourth-order valence-corrected chi connectivity index (χ4v) is 2.29. The highest BCUT2D eigenvalue weighted by Gasteiger charge is 2.32. The number of hydrogen-bond donors (Lipinski definition) is 1. The number of hydrogen-bond acceptors (Lipinski definition) is 3. The van der Waals surface area contributed by atoms with Gasteiger partial charge in [0.15, 0.2) is 0 Å². The van der Waals surface area contributed by atoms with Gasteiger partial charge in [0, 0.05) is 12.1 Å². The van der Waals surface area contributed by atoms with Crippen molar-refractivity contribution in [2.24, 2.45) is 0 Å². The lowest BCUT2D eigenvalue weighted by molar-refractivity contribution is 0.166. The molecule has 1 aromatic rings.